The molecule has 2 aromatic rings. The minimum absolute atomic E-state index is 0.0109. The second-order valence-corrected chi connectivity index (χ2v) is 11.1. The second-order valence-electron chi connectivity index (χ2n) is 8.94. The molecular formula is C26H29N3O7S. The molecule has 10 nitrogen and oxygen atoms in total. The monoisotopic (exact) mass is 527 g/mol. The fourth-order valence-corrected chi connectivity index (χ4v) is 5.89. The summed E-state index contributed by atoms with van der Waals surface area (Å²) in [7, 11) is 0.583. The molecule has 196 valence electrons. The van der Waals surface area contributed by atoms with Crippen molar-refractivity contribution in [2.75, 3.05) is 45.8 Å². The number of likely N-dealkylation sites (N-methyl/N-ethyl adjacent to an activating group) is 1. The molecule has 1 fully saturated rings. The summed E-state index contributed by atoms with van der Waals surface area (Å²) in [6.45, 7) is 2.42. The van der Waals surface area contributed by atoms with E-state index in [1.54, 1.807) is 31.2 Å². The SMILES string of the molecule is CCN1C(=O)C2(/C(=C(/O)c3ccc(S(=O)(=O)N(C)C)cc3)C(=O)C(=O)N2CCCOC)c2ccccc21. The van der Waals surface area contributed by atoms with E-state index in [0.29, 0.717) is 24.3 Å². The Morgan fingerprint density at radius 1 is 1.05 bits per heavy atom. The number of carbonyl (C=O) groups excluding carboxylic acids is 3. The molecule has 37 heavy (non-hydrogen) atoms. The Morgan fingerprint density at radius 2 is 1.70 bits per heavy atom. The number of aliphatic hydroxyl groups is 1. The number of nitrogens with zero attached hydrogens (tertiary/aromatic N) is 3. The average molecular weight is 528 g/mol. The predicted octanol–water partition coefficient (Wildman–Crippen LogP) is 1.92. The van der Waals surface area contributed by atoms with Crippen molar-refractivity contribution in [1.29, 1.82) is 0 Å². The molecule has 0 aliphatic carbocycles. The Kier molecular flexibility index (Phi) is 6.97. The van der Waals surface area contributed by atoms with Crippen molar-refractivity contribution in [2.24, 2.45) is 0 Å². The molecule has 1 saturated heterocycles. The Morgan fingerprint density at radius 3 is 2.30 bits per heavy atom. The van der Waals surface area contributed by atoms with Gasteiger partial charge < -0.3 is 19.6 Å². The maximum Gasteiger partial charge on any atom is 0.296 e. The first-order valence-corrected chi connectivity index (χ1v) is 13.2. The molecule has 1 N–H and O–H groups in total. The molecular weight excluding hydrogens is 498 g/mol. The maximum atomic E-state index is 14.1. The normalized spacial score (nSPS) is 20.9. The lowest BCUT2D eigenvalue weighted by molar-refractivity contribution is -0.143. The van der Waals surface area contributed by atoms with E-state index < -0.39 is 38.9 Å². The number of para-hydroxylation sites is 1. The minimum atomic E-state index is -3.73. The Bertz CT molecular complexity index is 1400. The van der Waals surface area contributed by atoms with E-state index in [1.807, 2.05) is 0 Å². The molecule has 2 aliphatic heterocycles. The van der Waals surface area contributed by atoms with Crippen LogP contribution in [0.25, 0.3) is 5.76 Å². The van der Waals surface area contributed by atoms with Crippen LogP contribution in [0.15, 0.2) is 59.0 Å². The van der Waals surface area contributed by atoms with Crippen molar-refractivity contribution in [3.63, 3.8) is 0 Å². The van der Waals surface area contributed by atoms with Gasteiger partial charge in [-0.05, 0) is 43.7 Å². The number of fused-ring (bicyclic) bond motifs is 2. The summed E-state index contributed by atoms with van der Waals surface area (Å²) >= 11 is 0. The number of ketones is 1. The van der Waals surface area contributed by atoms with Crippen LogP contribution >= 0.6 is 0 Å². The smallest absolute Gasteiger partial charge is 0.296 e. The van der Waals surface area contributed by atoms with Crippen molar-refractivity contribution in [2.45, 2.75) is 23.8 Å². The molecule has 0 aromatic heterocycles. The van der Waals surface area contributed by atoms with Crippen LogP contribution in [0.4, 0.5) is 5.69 Å². The topological polar surface area (TPSA) is 125 Å². The molecule has 2 aromatic carbocycles. The van der Waals surface area contributed by atoms with E-state index in [2.05, 4.69) is 0 Å². The number of hydrogen-bond acceptors (Lipinski definition) is 7. The Hall–Kier alpha value is -3.54. The summed E-state index contributed by atoms with van der Waals surface area (Å²) < 4.78 is 31.1. The highest BCUT2D eigenvalue weighted by Crippen LogP contribution is 2.53. The van der Waals surface area contributed by atoms with E-state index in [4.69, 9.17) is 4.74 Å². The number of Topliss-reactive ketones (excluding diaryl/α,β-unsaturated/α-hetero) is 1. The van der Waals surface area contributed by atoms with Crippen LogP contribution in [0.2, 0.25) is 0 Å². The number of carbonyl (C=O) groups is 3. The third-order valence-electron chi connectivity index (χ3n) is 6.76. The number of aliphatic hydroxyl groups excluding tert-OH is 1. The van der Waals surface area contributed by atoms with Gasteiger partial charge in [-0.1, -0.05) is 18.2 Å². The minimum Gasteiger partial charge on any atom is -0.507 e. The van der Waals surface area contributed by atoms with Crippen molar-refractivity contribution in [3.05, 3.63) is 65.2 Å². The number of anilines is 1. The Balaban J connectivity index is 1.97. The molecule has 1 spiro atoms. The second kappa shape index (κ2) is 9.73. The molecule has 0 saturated carbocycles. The van der Waals surface area contributed by atoms with Crippen LogP contribution < -0.4 is 4.90 Å². The van der Waals surface area contributed by atoms with Crippen molar-refractivity contribution in [3.8, 4) is 0 Å². The van der Waals surface area contributed by atoms with Gasteiger partial charge in [0.25, 0.3) is 17.6 Å². The van der Waals surface area contributed by atoms with E-state index in [9.17, 15) is 27.9 Å². The summed E-state index contributed by atoms with van der Waals surface area (Å²) in [6, 6.07) is 12.2. The van der Waals surface area contributed by atoms with Crippen molar-refractivity contribution in [1.82, 2.24) is 9.21 Å². The van der Waals surface area contributed by atoms with E-state index in [-0.39, 0.29) is 29.1 Å². The van der Waals surface area contributed by atoms with Crippen molar-refractivity contribution < 1.29 is 32.6 Å². The lowest BCUT2D eigenvalue weighted by Gasteiger charge is -2.34. The molecule has 4 rings (SSSR count). The van der Waals surface area contributed by atoms with Gasteiger partial charge in [0, 0.05) is 52.0 Å². The number of hydrogen-bond donors (Lipinski definition) is 1. The van der Waals surface area contributed by atoms with Crippen LogP contribution in [-0.2, 0) is 34.7 Å². The van der Waals surface area contributed by atoms with Crippen LogP contribution in [0.1, 0.15) is 24.5 Å². The molecule has 2 aliphatic rings. The highest BCUT2D eigenvalue weighted by atomic mass is 32.2. The number of rotatable bonds is 8. The number of benzene rings is 2. The van der Waals surface area contributed by atoms with E-state index in [0.717, 1.165) is 4.31 Å². The molecule has 1 unspecified atom stereocenters. The number of amides is 2. The average Bonchev–Trinajstić information content (AvgIpc) is 3.26. The van der Waals surface area contributed by atoms with Gasteiger partial charge in [-0.2, -0.15) is 0 Å². The number of likely N-dealkylation sites (tertiary alicyclic amines) is 1. The summed E-state index contributed by atoms with van der Waals surface area (Å²) in [4.78, 5) is 43.6. The molecule has 0 bridgehead atoms. The van der Waals surface area contributed by atoms with Gasteiger partial charge in [0.1, 0.15) is 5.76 Å². The lowest BCUT2D eigenvalue weighted by atomic mass is 9.82. The fourth-order valence-electron chi connectivity index (χ4n) is 4.99. The van der Waals surface area contributed by atoms with Gasteiger partial charge in [-0.25, -0.2) is 12.7 Å². The van der Waals surface area contributed by atoms with Gasteiger partial charge in [0.15, 0.2) is 5.54 Å². The first kappa shape index (κ1) is 26.5. The summed E-state index contributed by atoms with van der Waals surface area (Å²) in [5.74, 6) is -2.95. The molecule has 2 amide bonds. The summed E-state index contributed by atoms with van der Waals surface area (Å²) in [5, 5.41) is 11.5. The van der Waals surface area contributed by atoms with Crippen molar-refractivity contribution >= 4 is 39.1 Å². The highest BCUT2D eigenvalue weighted by molar-refractivity contribution is 7.89. The fraction of sp³-hybridized carbons (Fsp3) is 0.346. The number of ether oxygens (including phenoxy) is 1. The van der Waals surface area contributed by atoms with Crippen LogP contribution in [-0.4, -0.2) is 81.2 Å². The van der Waals surface area contributed by atoms with Crippen LogP contribution in [0.3, 0.4) is 0 Å². The molecule has 11 heteroatoms. The standard InChI is InChI=1S/C26H29N3O7S/c1-5-28-20-10-7-6-9-19(20)26(25(28)33)21(23(31)24(32)29(26)15-8-16-36-4)22(30)17-11-13-18(14-12-17)37(34,35)27(2)3/h6-7,9-14,30H,5,8,15-16H2,1-4H3/b22-21+. The largest absolute Gasteiger partial charge is 0.507 e. The quantitative estimate of drug-likeness (QED) is 0.241. The van der Waals surface area contributed by atoms with Crippen LogP contribution in [0, 0.1) is 0 Å². The van der Waals surface area contributed by atoms with E-state index in [1.165, 1.54) is 55.3 Å². The zero-order chi connectivity index (χ0) is 27.1. The zero-order valence-electron chi connectivity index (χ0n) is 21.1. The van der Waals surface area contributed by atoms with Gasteiger partial charge >= 0.3 is 0 Å². The highest BCUT2D eigenvalue weighted by Gasteiger charge is 2.66. The van der Waals surface area contributed by atoms with Gasteiger partial charge in [0.05, 0.1) is 16.2 Å². The maximum absolute atomic E-state index is 14.1. The predicted molar refractivity (Wildman–Crippen MR) is 136 cm³/mol. The molecule has 1 atom stereocenters. The first-order chi connectivity index (χ1) is 17.5. The third kappa shape index (κ3) is 3.85. The molecule has 0 radical (unpaired) electrons. The summed E-state index contributed by atoms with van der Waals surface area (Å²) in [5.41, 5.74) is -1.12. The summed E-state index contributed by atoms with van der Waals surface area (Å²) in [6.07, 6.45) is 0.365. The first-order valence-electron chi connectivity index (χ1n) is 11.8. The van der Waals surface area contributed by atoms with E-state index >= 15 is 0 Å². The van der Waals surface area contributed by atoms with Crippen LogP contribution in [0.5, 0.6) is 0 Å². The lowest BCUT2D eigenvalue weighted by Crippen LogP contribution is -2.52. The zero-order valence-corrected chi connectivity index (χ0v) is 21.9. The molecule has 2 heterocycles. The number of methoxy groups -OCH3 is 1. The number of sulfonamides is 1. The van der Waals surface area contributed by atoms with Gasteiger partial charge in [-0.3, -0.25) is 14.4 Å². The van der Waals surface area contributed by atoms with Gasteiger partial charge in [-0.15, -0.1) is 0 Å². The third-order valence-corrected chi connectivity index (χ3v) is 8.59. The van der Waals surface area contributed by atoms with Gasteiger partial charge in [0.2, 0.25) is 10.0 Å². The Labute approximate surface area is 215 Å².